The summed E-state index contributed by atoms with van der Waals surface area (Å²) in [5.74, 6) is 1.57. The number of alkyl halides is 2. The van der Waals surface area contributed by atoms with Gasteiger partial charge in [-0.25, -0.2) is 0 Å². The van der Waals surface area contributed by atoms with Crippen LogP contribution in [-0.4, -0.2) is 43.3 Å². The van der Waals surface area contributed by atoms with Crippen LogP contribution in [0.2, 0.25) is 0 Å². The van der Waals surface area contributed by atoms with E-state index in [1.54, 1.807) is 12.1 Å². The van der Waals surface area contributed by atoms with Crippen LogP contribution < -0.4 is 19.7 Å². The Morgan fingerprint density at radius 2 is 1.88 bits per heavy atom. The lowest BCUT2D eigenvalue weighted by molar-refractivity contribution is -0.158. The van der Waals surface area contributed by atoms with E-state index in [1.165, 1.54) is 19.2 Å². The molecule has 1 aromatic heterocycles. The molecule has 0 spiro atoms. The van der Waals surface area contributed by atoms with Gasteiger partial charge in [-0.3, -0.25) is 0 Å². The van der Waals surface area contributed by atoms with Crippen molar-refractivity contribution in [1.29, 1.82) is 0 Å². The molecule has 0 aliphatic heterocycles. The zero-order valence-electron chi connectivity index (χ0n) is 15.4. The molecule has 0 atom stereocenters. The molecule has 1 N–H and O–H groups in total. The van der Waals surface area contributed by atoms with Gasteiger partial charge in [0.05, 0.1) is 7.11 Å². The van der Waals surface area contributed by atoms with Crippen molar-refractivity contribution < 1.29 is 18.3 Å². The van der Waals surface area contributed by atoms with Crippen LogP contribution in [0.5, 0.6) is 11.8 Å². The number of nitrogens with one attached hydrogen (secondary N) is 1. The van der Waals surface area contributed by atoms with Gasteiger partial charge < -0.3 is 19.7 Å². The highest BCUT2D eigenvalue weighted by Gasteiger charge is 2.22. The van der Waals surface area contributed by atoms with Crippen LogP contribution in [0.25, 0.3) is 0 Å². The molecule has 0 unspecified atom stereocenters. The molecular formula is C18H24F2N4O2. The van der Waals surface area contributed by atoms with Crippen LogP contribution in [0.3, 0.4) is 0 Å². The Morgan fingerprint density at radius 1 is 1.19 bits per heavy atom. The standard InChI is InChI=1S/C18H24F2N4O2/c1-5-24(3)16-12-15(22-17(23-16)25-4)21-11-10-13-6-8-14(9-7-13)26-18(2,19)20/h6-9,12H,5,10-11H2,1-4H3,(H,21,22,23). The SMILES string of the molecule is CCN(C)c1cc(NCCc2ccc(OC(C)(F)F)cc2)nc(OC)n1. The van der Waals surface area contributed by atoms with E-state index in [4.69, 9.17) is 4.74 Å². The van der Waals surface area contributed by atoms with Crippen LogP contribution in [0.4, 0.5) is 20.4 Å². The van der Waals surface area contributed by atoms with Crippen molar-refractivity contribution in [2.75, 3.05) is 37.5 Å². The topological polar surface area (TPSA) is 59.5 Å². The van der Waals surface area contributed by atoms with Crippen LogP contribution in [0.1, 0.15) is 19.4 Å². The fourth-order valence-corrected chi connectivity index (χ4v) is 2.22. The van der Waals surface area contributed by atoms with Crippen molar-refractivity contribution in [1.82, 2.24) is 9.97 Å². The number of hydrogen-bond acceptors (Lipinski definition) is 6. The van der Waals surface area contributed by atoms with E-state index in [9.17, 15) is 8.78 Å². The number of nitrogens with zero attached hydrogens (tertiary/aromatic N) is 3. The Balaban J connectivity index is 1.95. The highest BCUT2D eigenvalue weighted by molar-refractivity contribution is 5.50. The summed E-state index contributed by atoms with van der Waals surface area (Å²) in [5, 5.41) is 3.23. The van der Waals surface area contributed by atoms with Gasteiger partial charge in [-0.15, -0.1) is 0 Å². The molecule has 0 bridgehead atoms. The average molecular weight is 366 g/mol. The van der Waals surface area contributed by atoms with Crippen molar-refractivity contribution in [3.8, 4) is 11.8 Å². The number of rotatable bonds is 9. The maximum absolute atomic E-state index is 12.8. The number of benzene rings is 1. The summed E-state index contributed by atoms with van der Waals surface area (Å²) in [4.78, 5) is 10.6. The normalized spacial score (nSPS) is 11.2. The summed E-state index contributed by atoms with van der Waals surface area (Å²) < 4.78 is 35.3. The number of aromatic nitrogens is 2. The Labute approximate surface area is 152 Å². The van der Waals surface area contributed by atoms with Gasteiger partial charge in [-0.2, -0.15) is 18.7 Å². The lowest BCUT2D eigenvalue weighted by atomic mass is 10.1. The quantitative estimate of drug-likeness (QED) is 0.732. The molecule has 142 valence electrons. The largest absolute Gasteiger partial charge is 0.467 e. The molecule has 0 radical (unpaired) electrons. The molecule has 8 heteroatoms. The Kier molecular flexibility index (Phi) is 6.54. The predicted octanol–water partition coefficient (Wildman–Crippen LogP) is 3.59. The van der Waals surface area contributed by atoms with Crippen LogP contribution >= 0.6 is 0 Å². The fourth-order valence-electron chi connectivity index (χ4n) is 2.22. The molecule has 1 aromatic carbocycles. The number of halogens is 2. The molecule has 0 saturated carbocycles. The Bertz CT molecular complexity index is 705. The van der Waals surface area contributed by atoms with E-state index in [-0.39, 0.29) is 5.75 Å². The number of anilines is 2. The summed E-state index contributed by atoms with van der Waals surface area (Å²) in [6.45, 7) is 4.18. The maximum atomic E-state index is 12.8. The first-order chi connectivity index (χ1) is 12.3. The number of methoxy groups -OCH3 is 1. The predicted molar refractivity (Wildman–Crippen MR) is 97.4 cm³/mol. The van der Waals surface area contributed by atoms with E-state index in [0.29, 0.717) is 31.7 Å². The minimum absolute atomic E-state index is 0.141. The van der Waals surface area contributed by atoms with Gasteiger partial charge in [0.2, 0.25) is 0 Å². The number of hydrogen-bond donors (Lipinski definition) is 1. The lowest BCUT2D eigenvalue weighted by Crippen LogP contribution is -2.19. The molecule has 6 nitrogen and oxygen atoms in total. The van der Waals surface area contributed by atoms with Crippen LogP contribution in [0.15, 0.2) is 30.3 Å². The molecule has 26 heavy (non-hydrogen) atoms. The summed E-state index contributed by atoms with van der Waals surface area (Å²) in [7, 11) is 3.47. The molecule has 0 aliphatic rings. The minimum atomic E-state index is -3.18. The van der Waals surface area contributed by atoms with E-state index in [1.807, 2.05) is 24.9 Å². The fraction of sp³-hybridized carbons (Fsp3) is 0.444. The van der Waals surface area contributed by atoms with E-state index in [0.717, 1.165) is 17.9 Å². The van der Waals surface area contributed by atoms with Gasteiger partial charge in [-0.05, 0) is 31.0 Å². The van der Waals surface area contributed by atoms with Crippen molar-refractivity contribution >= 4 is 11.6 Å². The molecule has 2 aromatic rings. The Morgan fingerprint density at radius 3 is 2.46 bits per heavy atom. The van der Waals surface area contributed by atoms with Gasteiger partial charge in [0.1, 0.15) is 17.4 Å². The zero-order chi connectivity index (χ0) is 19.2. The number of ether oxygens (including phenoxy) is 2. The van der Waals surface area contributed by atoms with Gasteiger partial charge in [-0.1, -0.05) is 12.1 Å². The van der Waals surface area contributed by atoms with Gasteiger partial charge >= 0.3 is 12.1 Å². The molecule has 0 aliphatic carbocycles. The van der Waals surface area contributed by atoms with E-state index < -0.39 is 6.11 Å². The monoisotopic (exact) mass is 366 g/mol. The molecule has 0 fully saturated rings. The maximum Gasteiger partial charge on any atom is 0.394 e. The minimum Gasteiger partial charge on any atom is -0.467 e. The molecule has 2 rings (SSSR count). The van der Waals surface area contributed by atoms with Gasteiger partial charge in [0, 0.05) is 33.1 Å². The van der Waals surface area contributed by atoms with E-state index >= 15 is 0 Å². The van der Waals surface area contributed by atoms with E-state index in [2.05, 4.69) is 20.0 Å². The highest BCUT2D eigenvalue weighted by atomic mass is 19.3. The summed E-state index contributed by atoms with van der Waals surface area (Å²) in [6.07, 6.45) is -2.48. The Hall–Kier alpha value is -2.64. The van der Waals surface area contributed by atoms with Crippen molar-refractivity contribution in [2.45, 2.75) is 26.4 Å². The van der Waals surface area contributed by atoms with Crippen molar-refractivity contribution in [2.24, 2.45) is 0 Å². The lowest BCUT2D eigenvalue weighted by Gasteiger charge is -2.17. The first kappa shape index (κ1) is 19.7. The second kappa shape index (κ2) is 8.64. The van der Waals surface area contributed by atoms with Crippen molar-refractivity contribution in [3.63, 3.8) is 0 Å². The third-order valence-electron chi connectivity index (χ3n) is 3.68. The average Bonchev–Trinajstić information content (AvgIpc) is 2.61. The molecule has 0 saturated heterocycles. The molecular weight excluding hydrogens is 342 g/mol. The van der Waals surface area contributed by atoms with Gasteiger partial charge in [0.15, 0.2) is 0 Å². The molecule has 1 heterocycles. The second-order valence-electron chi connectivity index (χ2n) is 5.84. The first-order valence-corrected chi connectivity index (χ1v) is 8.34. The summed E-state index contributed by atoms with van der Waals surface area (Å²) in [6, 6.07) is 8.75. The summed E-state index contributed by atoms with van der Waals surface area (Å²) >= 11 is 0. The van der Waals surface area contributed by atoms with Crippen LogP contribution in [0, 0.1) is 0 Å². The first-order valence-electron chi connectivity index (χ1n) is 8.34. The van der Waals surface area contributed by atoms with Crippen LogP contribution in [-0.2, 0) is 6.42 Å². The smallest absolute Gasteiger partial charge is 0.394 e. The third-order valence-corrected chi connectivity index (χ3v) is 3.68. The summed E-state index contributed by atoms with van der Waals surface area (Å²) in [5.41, 5.74) is 0.996. The van der Waals surface area contributed by atoms with Gasteiger partial charge in [0.25, 0.3) is 0 Å². The third kappa shape index (κ3) is 6.02. The van der Waals surface area contributed by atoms with Crippen molar-refractivity contribution in [3.05, 3.63) is 35.9 Å². The zero-order valence-corrected chi connectivity index (χ0v) is 15.4. The second-order valence-corrected chi connectivity index (χ2v) is 5.84. The highest BCUT2D eigenvalue weighted by Crippen LogP contribution is 2.22. The molecule has 0 amide bonds.